The van der Waals surface area contributed by atoms with Gasteiger partial charge in [-0.15, -0.1) is 0 Å². The molecule has 1 amide bonds. The lowest BCUT2D eigenvalue weighted by molar-refractivity contribution is -0.125. The number of halogens is 1. The largest absolute Gasteiger partial charge is 0.345 e. The number of hydrogen-bond acceptors (Lipinski definition) is 2. The van der Waals surface area contributed by atoms with Crippen molar-refractivity contribution in [2.75, 3.05) is 0 Å². The first-order valence-corrected chi connectivity index (χ1v) is 6.39. The van der Waals surface area contributed by atoms with Crippen LogP contribution in [0.1, 0.15) is 25.8 Å². The zero-order valence-corrected chi connectivity index (χ0v) is 11.4. The fourth-order valence-corrected chi connectivity index (χ4v) is 1.79. The minimum absolute atomic E-state index is 0.139. The van der Waals surface area contributed by atoms with Crippen molar-refractivity contribution in [3.05, 3.63) is 35.9 Å². The van der Waals surface area contributed by atoms with Crippen LogP contribution in [0.15, 0.2) is 30.3 Å². The van der Waals surface area contributed by atoms with E-state index in [0.717, 1.165) is 5.56 Å². The number of nitrogens with one attached hydrogen (secondary N) is 1. The third kappa shape index (κ3) is 5.32. The standard InChI is InChI=1S/C14H18ClNO2/c1-10(2)8-13(17)16-12(14(15)18)9-11-6-4-3-5-7-11/h3-7,10,12H,8-9H2,1-2H3,(H,16,17). The van der Waals surface area contributed by atoms with Gasteiger partial charge in [-0.1, -0.05) is 44.2 Å². The molecular formula is C14H18ClNO2. The molecule has 1 aromatic carbocycles. The first-order chi connectivity index (χ1) is 8.49. The maximum Gasteiger partial charge on any atom is 0.244 e. The van der Waals surface area contributed by atoms with Gasteiger partial charge < -0.3 is 5.32 Å². The van der Waals surface area contributed by atoms with Crippen molar-refractivity contribution in [1.82, 2.24) is 5.32 Å². The predicted octanol–water partition coefficient (Wildman–Crippen LogP) is 2.53. The van der Waals surface area contributed by atoms with Crippen molar-refractivity contribution in [1.29, 1.82) is 0 Å². The highest BCUT2D eigenvalue weighted by molar-refractivity contribution is 6.64. The lowest BCUT2D eigenvalue weighted by Crippen LogP contribution is -2.40. The average Bonchev–Trinajstić information content (AvgIpc) is 2.28. The molecule has 0 aromatic heterocycles. The Labute approximate surface area is 113 Å². The van der Waals surface area contributed by atoms with Gasteiger partial charge >= 0.3 is 0 Å². The van der Waals surface area contributed by atoms with Crippen LogP contribution >= 0.6 is 11.6 Å². The van der Waals surface area contributed by atoms with Crippen LogP contribution in [-0.4, -0.2) is 17.2 Å². The quantitative estimate of drug-likeness (QED) is 0.805. The zero-order chi connectivity index (χ0) is 13.5. The lowest BCUT2D eigenvalue weighted by Gasteiger charge is -2.15. The summed E-state index contributed by atoms with van der Waals surface area (Å²) in [5.41, 5.74) is 0.973. The number of carbonyl (C=O) groups is 2. The van der Waals surface area contributed by atoms with Gasteiger partial charge in [0, 0.05) is 12.8 Å². The Kier molecular flexibility index (Phi) is 5.86. The van der Waals surface area contributed by atoms with Gasteiger partial charge in [-0.25, -0.2) is 0 Å². The van der Waals surface area contributed by atoms with Crippen molar-refractivity contribution in [2.45, 2.75) is 32.7 Å². The van der Waals surface area contributed by atoms with E-state index in [9.17, 15) is 9.59 Å². The Balaban J connectivity index is 2.61. The number of benzene rings is 1. The van der Waals surface area contributed by atoms with Crippen LogP contribution in [0, 0.1) is 5.92 Å². The van der Waals surface area contributed by atoms with Crippen LogP contribution in [0.4, 0.5) is 0 Å². The summed E-state index contributed by atoms with van der Waals surface area (Å²) < 4.78 is 0. The highest BCUT2D eigenvalue weighted by Gasteiger charge is 2.19. The Morgan fingerprint density at radius 2 is 1.83 bits per heavy atom. The van der Waals surface area contributed by atoms with E-state index >= 15 is 0 Å². The Hall–Kier alpha value is -1.35. The monoisotopic (exact) mass is 267 g/mol. The molecule has 0 aliphatic heterocycles. The molecule has 0 bridgehead atoms. The first-order valence-electron chi connectivity index (χ1n) is 6.01. The summed E-state index contributed by atoms with van der Waals surface area (Å²) >= 11 is 5.52. The molecule has 0 fully saturated rings. The lowest BCUT2D eigenvalue weighted by atomic mass is 10.1. The summed E-state index contributed by atoms with van der Waals surface area (Å²) in [6.45, 7) is 3.91. The normalized spacial score (nSPS) is 12.2. The minimum atomic E-state index is -0.652. The van der Waals surface area contributed by atoms with Crippen molar-refractivity contribution >= 4 is 22.8 Å². The van der Waals surface area contributed by atoms with Crippen molar-refractivity contribution < 1.29 is 9.59 Å². The van der Waals surface area contributed by atoms with Gasteiger partial charge in [-0.2, -0.15) is 0 Å². The second-order valence-electron chi connectivity index (χ2n) is 4.71. The second kappa shape index (κ2) is 7.17. The first kappa shape index (κ1) is 14.7. The fraction of sp³-hybridized carbons (Fsp3) is 0.429. The molecule has 18 heavy (non-hydrogen) atoms. The van der Waals surface area contributed by atoms with E-state index in [2.05, 4.69) is 5.32 Å². The molecule has 1 aromatic rings. The molecule has 1 rings (SSSR count). The molecule has 0 heterocycles. The van der Waals surface area contributed by atoms with Gasteiger partial charge in [0.05, 0.1) is 0 Å². The second-order valence-corrected chi connectivity index (χ2v) is 5.08. The number of hydrogen-bond donors (Lipinski definition) is 1. The van der Waals surface area contributed by atoms with Crippen molar-refractivity contribution in [3.63, 3.8) is 0 Å². The topological polar surface area (TPSA) is 46.2 Å². The molecule has 98 valence electrons. The molecule has 0 radical (unpaired) electrons. The highest BCUT2D eigenvalue weighted by Crippen LogP contribution is 2.07. The van der Waals surface area contributed by atoms with E-state index in [4.69, 9.17) is 11.6 Å². The van der Waals surface area contributed by atoms with E-state index < -0.39 is 11.3 Å². The van der Waals surface area contributed by atoms with E-state index in [1.54, 1.807) is 0 Å². The van der Waals surface area contributed by atoms with Crippen LogP contribution in [0.5, 0.6) is 0 Å². The number of carbonyl (C=O) groups excluding carboxylic acids is 2. The third-order valence-electron chi connectivity index (χ3n) is 2.49. The summed E-state index contributed by atoms with van der Waals surface area (Å²) in [5.74, 6) is 0.118. The summed E-state index contributed by atoms with van der Waals surface area (Å²) in [6.07, 6.45) is 0.822. The summed E-state index contributed by atoms with van der Waals surface area (Å²) in [5, 5.41) is 2.14. The molecule has 0 saturated heterocycles. The van der Waals surface area contributed by atoms with Gasteiger partial charge in [0.1, 0.15) is 6.04 Å². The molecule has 3 nitrogen and oxygen atoms in total. The number of rotatable bonds is 6. The predicted molar refractivity (Wildman–Crippen MR) is 72.4 cm³/mol. The molecule has 0 spiro atoms. The Bertz CT molecular complexity index is 404. The smallest absolute Gasteiger partial charge is 0.244 e. The summed E-state index contributed by atoms with van der Waals surface area (Å²) in [4.78, 5) is 23.0. The van der Waals surface area contributed by atoms with E-state index in [0.29, 0.717) is 12.8 Å². The molecule has 1 N–H and O–H groups in total. The maximum absolute atomic E-state index is 11.6. The van der Waals surface area contributed by atoms with Gasteiger partial charge in [0.15, 0.2) is 0 Å². The molecule has 1 unspecified atom stereocenters. The zero-order valence-electron chi connectivity index (χ0n) is 10.7. The van der Waals surface area contributed by atoms with Gasteiger partial charge in [-0.05, 0) is 23.1 Å². The van der Waals surface area contributed by atoms with Crippen LogP contribution in [0.25, 0.3) is 0 Å². The number of amides is 1. The Morgan fingerprint density at radius 3 is 2.33 bits per heavy atom. The van der Waals surface area contributed by atoms with Crippen LogP contribution in [0.2, 0.25) is 0 Å². The molecule has 0 saturated carbocycles. The van der Waals surface area contributed by atoms with Crippen LogP contribution in [-0.2, 0) is 16.0 Å². The molecule has 0 aliphatic carbocycles. The fourth-order valence-electron chi connectivity index (χ4n) is 1.66. The molecular weight excluding hydrogens is 250 g/mol. The summed E-state index contributed by atoms with van der Waals surface area (Å²) in [7, 11) is 0. The third-order valence-corrected chi connectivity index (χ3v) is 2.75. The maximum atomic E-state index is 11.6. The molecule has 4 heteroatoms. The van der Waals surface area contributed by atoms with Gasteiger partial charge in [-0.3, -0.25) is 9.59 Å². The van der Waals surface area contributed by atoms with E-state index in [1.165, 1.54) is 0 Å². The van der Waals surface area contributed by atoms with Crippen LogP contribution in [0.3, 0.4) is 0 Å². The molecule has 0 aliphatic rings. The molecule has 1 atom stereocenters. The Morgan fingerprint density at radius 1 is 1.22 bits per heavy atom. The van der Waals surface area contributed by atoms with Crippen molar-refractivity contribution in [2.24, 2.45) is 5.92 Å². The highest BCUT2D eigenvalue weighted by atomic mass is 35.5. The SMILES string of the molecule is CC(C)CC(=O)NC(Cc1ccccc1)C(=O)Cl. The van der Waals surface area contributed by atoms with Crippen molar-refractivity contribution in [3.8, 4) is 0 Å². The van der Waals surface area contributed by atoms with Gasteiger partial charge in [0.25, 0.3) is 0 Å². The summed E-state index contributed by atoms with van der Waals surface area (Å²) in [6, 6.07) is 8.84. The average molecular weight is 268 g/mol. The van der Waals surface area contributed by atoms with Crippen LogP contribution < -0.4 is 5.32 Å². The van der Waals surface area contributed by atoms with E-state index in [-0.39, 0.29) is 11.8 Å². The van der Waals surface area contributed by atoms with Gasteiger partial charge in [0.2, 0.25) is 11.1 Å². The van der Waals surface area contributed by atoms with E-state index in [1.807, 2.05) is 44.2 Å². The minimum Gasteiger partial charge on any atom is -0.345 e.